The van der Waals surface area contributed by atoms with Crippen LogP contribution in [0.5, 0.6) is 5.75 Å². The normalized spacial score (nSPS) is 15.3. The van der Waals surface area contributed by atoms with Crippen molar-refractivity contribution in [3.63, 3.8) is 0 Å². The number of thioether (sulfide) groups is 1. The standard InChI is InChI=1S/C19H12BrCl2NO4S2/c20-12-2-4-15(27-9-10-1-3-13(21)14(22)5-10)11(6-12)7-16-18(26)23(8-17(24)25)19(28)29-16/h1-7H,8-9H2,(H,24,25)/b16-7+. The van der Waals surface area contributed by atoms with Gasteiger partial charge in [0.05, 0.1) is 15.0 Å². The van der Waals surface area contributed by atoms with Crippen molar-refractivity contribution < 1.29 is 19.4 Å². The number of amides is 1. The fraction of sp³-hybridized carbons (Fsp3) is 0.105. The number of hydrogen-bond acceptors (Lipinski definition) is 5. The number of carbonyl (C=O) groups excluding carboxylic acids is 1. The number of nitrogens with zero attached hydrogens (tertiary/aromatic N) is 1. The lowest BCUT2D eigenvalue weighted by molar-refractivity contribution is -0.140. The van der Waals surface area contributed by atoms with Gasteiger partial charge in [0.2, 0.25) is 0 Å². The molecule has 10 heteroatoms. The Morgan fingerprint density at radius 3 is 2.69 bits per heavy atom. The van der Waals surface area contributed by atoms with E-state index in [-0.39, 0.29) is 10.9 Å². The number of thiocarbonyl (C=S) groups is 1. The molecular weight excluding hydrogens is 521 g/mol. The fourth-order valence-electron chi connectivity index (χ4n) is 2.47. The summed E-state index contributed by atoms with van der Waals surface area (Å²) < 4.78 is 6.91. The van der Waals surface area contributed by atoms with E-state index >= 15 is 0 Å². The molecule has 1 N–H and O–H groups in total. The van der Waals surface area contributed by atoms with Crippen LogP contribution in [0.25, 0.3) is 6.08 Å². The average Bonchev–Trinajstić information content (AvgIpc) is 2.91. The lowest BCUT2D eigenvalue weighted by Gasteiger charge is -2.11. The Labute approximate surface area is 194 Å². The van der Waals surface area contributed by atoms with E-state index < -0.39 is 18.4 Å². The maximum atomic E-state index is 12.5. The molecule has 3 rings (SSSR count). The van der Waals surface area contributed by atoms with Crippen LogP contribution in [-0.2, 0) is 16.2 Å². The van der Waals surface area contributed by atoms with Gasteiger partial charge in [-0.3, -0.25) is 14.5 Å². The molecule has 5 nitrogen and oxygen atoms in total. The van der Waals surface area contributed by atoms with Crippen LogP contribution in [0.15, 0.2) is 45.8 Å². The van der Waals surface area contributed by atoms with Gasteiger partial charge in [0, 0.05) is 10.0 Å². The fourth-order valence-corrected chi connectivity index (χ4v) is 4.41. The Morgan fingerprint density at radius 1 is 1.24 bits per heavy atom. The van der Waals surface area contributed by atoms with E-state index in [4.69, 9.17) is 45.3 Å². The summed E-state index contributed by atoms with van der Waals surface area (Å²) in [6.07, 6.45) is 1.64. The largest absolute Gasteiger partial charge is 0.488 e. The Bertz CT molecular complexity index is 1040. The zero-order valence-corrected chi connectivity index (χ0v) is 19.3. The third kappa shape index (κ3) is 5.52. The summed E-state index contributed by atoms with van der Waals surface area (Å²) in [7, 11) is 0. The maximum absolute atomic E-state index is 12.5. The first-order chi connectivity index (χ1) is 13.7. The number of carboxylic acids is 1. The molecule has 0 spiro atoms. The summed E-state index contributed by atoms with van der Waals surface area (Å²) in [6, 6.07) is 10.6. The highest BCUT2D eigenvalue weighted by Crippen LogP contribution is 2.35. The number of carboxylic acid groups (broad SMARTS) is 1. The number of benzene rings is 2. The summed E-state index contributed by atoms with van der Waals surface area (Å²) >= 11 is 21.6. The van der Waals surface area contributed by atoms with E-state index in [9.17, 15) is 9.59 Å². The molecule has 1 amide bonds. The predicted octanol–water partition coefficient (Wildman–Crippen LogP) is 5.62. The van der Waals surface area contributed by atoms with Crippen molar-refractivity contribution in [2.45, 2.75) is 6.61 Å². The highest BCUT2D eigenvalue weighted by Gasteiger charge is 2.33. The highest BCUT2D eigenvalue weighted by atomic mass is 79.9. The molecule has 2 aromatic carbocycles. The van der Waals surface area contributed by atoms with E-state index in [1.165, 1.54) is 0 Å². The first-order valence-corrected chi connectivity index (χ1v) is 10.9. The van der Waals surface area contributed by atoms with Gasteiger partial charge in [0.1, 0.15) is 23.2 Å². The van der Waals surface area contributed by atoms with Crippen LogP contribution >= 0.6 is 63.1 Å². The molecule has 1 heterocycles. The maximum Gasteiger partial charge on any atom is 0.323 e. The van der Waals surface area contributed by atoms with Crippen molar-refractivity contribution >= 4 is 85.4 Å². The number of hydrogen-bond donors (Lipinski definition) is 1. The van der Waals surface area contributed by atoms with Crippen molar-refractivity contribution in [1.29, 1.82) is 0 Å². The van der Waals surface area contributed by atoms with E-state index in [2.05, 4.69) is 15.9 Å². The molecule has 0 aliphatic carbocycles. The molecule has 150 valence electrons. The Hall–Kier alpha value is -1.58. The predicted molar refractivity (Wildman–Crippen MR) is 122 cm³/mol. The molecule has 1 aliphatic heterocycles. The van der Waals surface area contributed by atoms with E-state index in [0.29, 0.717) is 26.3 Å². The number of ether oxygens (including phenoxy) is 1. The first-order valence-electron chi connectivity index (χ1n) is 8.08. The van der Waals surface area contributed by atoms with Crippen LogP contribution in [0.4, 0.5) is 0 Å². The van der Waals surface area contributed by atoms with Crippen molar-refractivity contribution in [2.24, 2.45) is 0 Å². The molecule has 0 unspecified atom stereocenters. The SMILES string of the molecule is O=C(O)CN1C(=O)/C(=C\c2cc(Br)ccc2OCc2ccc(Cl)c(Cl)c2)SC1=S. The zero-order chi connectivity index (χ0) is 21.1. The van der Waals surface area contributed by atoms with Crippen molar-refractivity contribution in [3.8, 4) is 5.75 Å². The smallest absolute Gasteiger partial charge is 0.323 e. The Balaban J connectivity index is 1.84. The van der Waals surface area contributed by atoms with Crippen LogP contribution in [-0.4, -0.2) is 32.7 Å². The molecule has 2 aromatic rings. The van der Waals surface area contributed by atoms with Gasteiger partial charge in [-0.1, -0.05) is 69.2 Å². The number of carbonyl (C=O) groups is 2. The molecule has 0 bridgehead atoms. The van der Waals surface area contributed by atoms with Gasteiger partial charge >= 0.3 is 5.97 Å². The van der Waals surface area contributed by atoms with Crippen LogP contribution < -0.4 is 4.74 Å². The molecule has 1 saturated heterocycles. The third-order valence-corrected chi connectivity index (χ3v) is 6.41. The number of rotatable bonds is 6. The van der Waals surface area contributed by atoms with Gasteiger partial charge in [0.15, 0.2) is 0 Å². The quantitative estimate of drug-likeness (QED) is 0.384. The van der Waals surface area contributed by atoms with Gasteiger partial charge in [-0.25, -0.2) is 0 Å². The first kappa shape index (κ1) is 22.1. The molecule has 0 radical (unpaired) electrons. The molecule has 0 saturated carbocycles. The molecular formula is C19H12BrCl2NO4S2. The Morgan fingerprint density at radius 2 is 2.00 bits per heavy atom. The van der Waals surface area contributed by atoms with Gasteiger partial charge in [0.25, 0.3) is 5.91 Å². The second-order valence-corrected chi connectivity index (χ2v) is 9.29. The average molecular weight is 533 g/mol. The van der Waals surface area contributed by atoms with E-state index in [0.717, 1.165) is 26.7 Å². The van der Waals surface area contributed by atoms with Crippen molar-refractivity contribution in [3.05, 3.63) is 66.9 Å². The minimum absolute atomic E-state index is 0.205. The van der Waals surface area contributed by atoms with Crippen LogP contribution in [0.3, 0.4) is 0 Å². The molecule has 29 heavy (non-hydrogen) atoms. The highest BCUT2D eigenvalue weighted by molar-refractivity contribution is 9.10. The summed E-state index contributed by atoms with van der Waals surface area (Å²) in [5.41, 5.74) is 1.48. The summed E-state index contributed by atoms with van der Waals surface area (Å²) in [5.74, 6) is -1.03. The summed E-state index contributed by atoms with van der Waals surface area (Å²) in [4.78, 5) is 24.8. The monoisotopic (exact) mass is 531 g/mol. The van der Waals surface area contributed by atoms with Crippen molar-refractivity contribution in [2.75, 3.05) is 6.54 Å². The van der Waals surface area contributed by atoms with E-state index in [1.807, 2.05) is 12.1 Å². The summed E-state index contributed by atoms with van der Waals surface area (Å²) in [6.45, 7) is -0.222. The number of halogens is 3. The van der Waals surface area contributed by atoms with Crippen LogP contribution in [0, 0.1) is 0 Å². The number of aliphatic carboxylic acids is 1. The lowest BCUT2D eigenvalue weighted by atomic mass is 10.1. The lowest BCUT2D eigenvalue weighted by Crippen LogP contribution is -2.33. The molecule has 1 fully saturated rings. The van der Waals surface area contributed by atoms with Gasteiger partial charge in [-0.15, -0.1) is 0 Å². The van der Waals surface area contributed by atoms with E-state index in [1.54, 1.807) is 30.3 Å². The second kappa shape index (κ2) is 9.49. The molecule has 1 aliphatic rings. The third-order valence-electron chi connectivity index (χ3n) is 3.80. The van der Waals surface area contributed by atoms with Crippen LogP contribution in [0.1, 0.15) is 11.1 Å². The van der Waals surface area contributed by atoms with Gasteiger partial charge in [-0.2, -0.15) is 0 Å². The topological polar surface area (TPSA) is 66.8 Å². The van der Waals surface area contributed by atoms with Gasteiger partial charge < -0.3 is 9.84 Å². The minimum Gasteiger partial charge on any atom is -0.488 e. The van der Waals surface area contributed by atoms with Crippen LogP contribution in [0.2, 0.25) is 10.0 Å². The second-order valence-electron chi connectivity index (χ2n) is 5.88. The Kier molecular flexibility index (Phi) is 7.23. The summed E-state index contributed by atoms with van der Waals surface area (Å²) in [5, 5.41) is 9.85. The zero-order valence-electron chi connectivity index (χ0n) is 14.5. The van der Waals surface area contributed by atoms with Gasteiger partial charge in [-0.05, 0) is 42.0 Å². The molecule has 0 atom stereocenters. The van der Waals surface area contributed by atoms with Crippen molar-refractivity contribution in [1.82, 2.24) is 4.90 Å². The minimum atomic E-state index is -1.13. The molecule has 0 aromatic heterocycles.